The van der Waals surface area contributed by atoms with Crippen LogP contribution in [0.3, 0.4) is 0 Å². The number of benzene rings is 2. The number of ether oxygens (including phenoxy) is 2. The van der Waals surface area contributed by atoms with Gasteiger partial charge in [-0.05, 0) is 67.1 Å². The Morgan fingerprint density at radius 1 is 1.06 bits per heavy atom. The first-order valence-corrected chi connectivity index (χ1v) is 11.2. The largest absolute Gasteiger partial charge is 0.454 e. The van der Waals surface area contributed by atoms with Gasteiger partial charge >= 0.3 is 0 Å². The van der Waals surface area contributed by atoms with E-state index in [0.29, 0.717) is 27.0 Å². The normalized spacial score (nSPS) is 16.5. The number of carbonyl (C=O) groups excluding carboxylic acids is 2. The molecule has 0 aliphatic carbocycles. The predicted octanol–water partition coefficient (Wildman–Crippen LogP) is 5.71. The summed E-state index contributed by atoms with van der Waals surface area (Å²) in [5.41, 5.74) is 4.62. The van der Waals surface area contributed by atoms with Crippen LogP contribution in [0.15, 0.2) is 53.4 Å². The molecule has 3 aromatic rings. The number of thioether (sulfide) groups is 1. The zero-order chi connectivity index (χ0) is 22.4. The molecule has 0 N–H and O–H groups in total. The van der Waals surface area contributed by atoms with E-state index in [1.54, 1.807) is 18.2 Å². The summed E-state index contributed by atoms with van der Waals surface area (Å²) < 4.78 is 12.8. The van der Waals surface area contributed by atoms with Gasteiger partial charge in [-0.1, -0.05) is 29.8 Å². The molecule has 0 saturated carbocycles. The Labute approximate surface area is 194 Å². The van der Waals surface area contributed by atoms with E-state index >= 15 is 0 Å². The van der Waals surface area contributed by atoms with E-state index in [9.17, 15) is 9.59 Å². The van der Waals surface area contributed by atoms with Crippen molar-refractivity contribution in [3.05, 3.63) is 81.0 Å². The first-order valence-electron chi connectivity index (χ1n) is 10.00. The summed E-state index contributed by atoms with van der Waals surface area (Å²) >= 11 is 7.28. The molecule has 2 aliphatic rings. The third kappa shape index (κ3) is 3.57. The summed E-state index contributed by atoms with van der Waals surface area (Å²) in [6.07, 6.45) is 1.79. The fourth-order valence-electron chi connectivity index (χ4n) is 3.94. The van der Waals surface area contributed by atoms with Crippen molar-refractivity contribution < 1.29 is 19.1 Å². The molecular formula is C24H19ClN2O4S. The Morgan fingerprint density at radius 2 is 1.78 bits per heavy atom. The molecule has 2 aliphatic heterocycles. The van der Waals surface area contributed by atoms with Crippen LogP contribution < -0.4 is 9.47 Å². The topological polar surface area (TPSA) is 60.8 Å². The highest BCUT2D eigenvalue weighted by molar-refractivity contribution is 8.18. The zero-order valence-corrected chi connectivity index (χ0v) is 19.0. The highest BCUT2D eigenvalue weighted by atomic mass is 35.5. The molecule has 0 atom stereocenters. The van der Waals surface area contributed by atoms with Crippen molar-refractivity contribution in [3.63, 3.8) is 0 Å². The second kappa shape index (κ2) is 8.07. The molecule has 8 heteroatoms. The van der Waals surface area contributed by atoms with Crippen LogP contribution in [0.1, 0.15) is 22.5 Å². The van der Waals surface area contributed by atoms with Gasteiger partial charge in [-0.25, -0.2) is 0 Å². The Balaban J connectivity index is 1.42. The number of carbonyl (C=O) groups is 2. The standard InChI is InChI=1S/C24H19ClN2O4S/c1-14-8-16(15(2)27(14)18-6-4-3-5-7-18)10-22-23(28)26(24(29)32-22)12-17-9-20-21(11-19(17)25)31-13-30-20/h3-11H,12-13H2,1-2H3/b22-10-. The lowest BCUT2D eigenvalue weighted by atomic mass is 10.2. The minimum absolute atomic E-state index is 0.0700. The van der Waals surface area contributed by atoms with Crippen LogP contribution in [0.4, 0.5) is 4.79 Å². The van der Waals surface area contributed by atoms with Crippen LogP contribution in [-0.4, -0.2) is 27.4 Å². The van der Waals surface area contributed by atoms with Crippen LogP contribution in [0.25, 0.3) is 11.8 Å². The number of hydrogen-bond acceptors (Lipinski definition) is 5. The molecule has 6 nitrogen and oxygen atoms in total. The lowest BCUT2D eigenvalue weighted by molar-refractivity contribution is -0.123. The second-order valence-electron chi connectivity index (χ2n) is 7.56. The minimum atomic E-state index is -0.335. The number of hydrogen-bond donors (Lipinski definition) is 0. The summed E-state index contributed by atoms with van der Waals surface area (Å²) in [6, 6.07) is 15.4. The van der Waals surface area contributed by atoms with Crippen molar-refractivity contribution in [2.45, 2.75) is 20.4 Å². The van der Waals surface area contributed by atoms with Crippen molar-refractivity contribution >= 4 is 40.6 Å². The minimum Gasteiger partial charge on any atom is -0.454 e. The molecule has 0 spiro atoms. The van der Waals surface area contributed by atoms with Gasteiger partial charge < -0.3 is 14.0 Å². The molecule has 1 aromatic heterocycles. The van der Waals surface area contributed by atoms with Crippen molar-refractivity contribution in [2.75, 3.05) is 6.79 Å². The maximum Gasteiger partial charge on any atom is 0.293 e. The Kier molecular flexibility index (Phi) is 5.23. The summed E-state index contributed by atoms with van der Waals surface area (Å²) in [5, 5.41) is 0.0931. The maximum absolute atomic E-state index is 13.1. The average Bonchev–Trinajstić information content (AvgIpc) is 3.41. The fourth-order valence-corrected chi connectivity index (χ4v) is 4.98. The van der Waals surface area contributed by atoms with Crippen LogP contribution in [0.5, 0.6) is 11.5 Å². The van der Waals surface area contributed by atoms with Gasteiger partial charge in [-0.2, -0.15) is 0 Å². The summed E-state index contributed by atoms with van der Waals surface area (Å²) in [4.78, 5) is 27.3. The number of fused-ring (bicyclic) bond motifs is 1. The molecule has 2 amide bonds. The van der Waals surface area contributed by atoms with E-state index < -0.39 is 0 Å². The molecule has 3 heterocycles. The highest BCUT2D eigenvalue weighted by Gasteiger charge is 2.36. The van der Waals surface area contributed by atoms with E-state index in [2.05, 4.69) is 4.57 Å². The monoisotopic (exact) mass is 466 g/mol. The molecule has 5 rings (SSSR count). The molecule has 0 unspecified atom stereocenters. The van der Waals surface area contributed by atoms with Gasteiger partial charge in [-0.15, -0.1) is 0 Å². The summed E-state index contributed by atoms with van der Waals surface area (Å²) in [7, 11) is 0. The van der Waals surface area contributed by atoms with Gasteiger partial charge in [-0.3, -0.25) is 14.5 Å². The molecule has 1 saturated heterocycles. The quantitative estimate of drug-likeness (QED) is 0.461. The van der Waals surface area contributed by atoms with Gasteiger partial charge in [0.15, 0.2) is 11.5 Å². The number of imide groups is 1. The van der Waals surface area contributed by atoms with Crippen LogP contribution in [0.2, 0.25) is 5.02 Å². The van der Waals surface area contributed by atoms with Crippen molar-refractivity contribution in [1.29, 1.82) is 0 Å². The number of halogens is 1. The highest BCUT2D eigenvalue weighted by Crippen LogP contribution is 2.39. The van der Waals surface area contributed by atoms with Gasteiger partial charge in [0.1, 0.15) is 0 Å². The van der Waals surface area contributed by atoms with E-state index in [4.69, 9.17) is 21.1 Å². The molecule has 0 radical (unpaired) electrons. The van der Waals surface area contributed by atoms with Crippen LogP contribution in [-0.2, 0) is 11.3 Å². The summed E-state index contributed by atoms with van der Waals surface area (Å²) in [6.45, 7) is 4.22. The lowest BCUT2D eigenvalue weighted by Gasteiger charge is -2.14. The third-order valence-electron chi connectivity index (χ3n) is 5.51. The molecule has 2 aromatic carbocycles. The van der Waals surface area contributed by atoms with Gasteiger partial charge in [0, 0.05) is 28.2 Å². The number of para-hydroxylation sites is 1. The van der Waals surface area contributed by atoms with E-state index in [0.717, 1.165) is 34.4 Å². The molecule has 162 valence electrons. The van der Waals surface area contributed by atoms with Gasteiger partial charge in [0.25, 0.3) is 11.1 Å². The SMILES string of the molecule is Cc1cc(/C=C2\SC(=O)N(Cc3cc4c(cc3Cl)OCO4)C2=O)c(C)n1-c1ccccc1. The van der Waals surface area contributed by atoms with Gasteiger partial charge in [0.05, 0.1) is 11.4 Å². The average molecular weight is 467 g/mol. The number of aromatic nitrogens is 1. The molecule has 1 fully saturated rings. The number of aryl methyl sites for hydroxylation is 1. The number of rotatable bonds is 4. The van der Waals surface area contributed by atoms with E-state index in [1.807, 2.05) is 50.2 Å². The van der Waals surface area contributed by atoms with Crippen molar-refractivity contribution in [2.24, 2.45) is 0 Å². The molecule has 32 heavy (non-hydrogen) atoms. The number of amides is 2. The number of nitrogens with zero attached hydrogens (tertiary/aromatic N) is 2. The van der Waals surface area contributed by atoms with Crippen molar-refractivity contribution in [1.82, 2.24) is 9.47 Å². The molecule has 0 bridgehead atoms. The smallest absolute Gasteiger partial charge is 0.293 e. The van der Waals surface area contributed by atoms with Crippen molar-refractivity contribution in [3.8, 4) is 17.2 Å². The molecular weight excluding hydrogens is 448 g/mol. The Bertz CT molecular complexity index is 1280. The van der Waals surface area contributed by atoms with Crippen LogP contribution in [0, 0.1) is 13.8 Å². The fraction of sp³-hybridized carbons (Fsp3) is 0.167. The second-order valence-corrected chi connectivity index (χ2v) is 8.96. The zero-order valence-electron chi connectivity index (χ0n) is 17.4. The van der Waals surface area contributed by atoms with Crippen LogP contribution >= 0.6 is 23.4 Å². The third-order valence-corrected chi connectivity index (χ3v) is 6.77. The maximum atomic E-state index is 13.1. The summed E-state index contributed by atoms with van der Waals surface area (Å²) in [5.74, 6) is 0.778. The van der Waals surface area contributed by atoms with Gasteiger partial charge in [0.2, 0.25) is 6.79 Å². The Hall–Kier alpha value is -3.16. The first-order chi connectivity index (χ1) is 15.4. The Morgan fingerprint density at radius 3 is 2.53 bits per heavy atom. The first kappa shape index (κ1) is 20.7. The van der Waals surface area contributed by atoms with E-state index in [1.165, 1.54) is 4.90 Å². The lowest BCUT2D eigenvalue weighted by Crippen LogP contribution is -2.27. The predicted molar refractivity (Wildman–Crippen MR) is 124 cm³/mol. The van der Waals surface area contributed by atoms with E-state index in [-0.39, 0.29) is 24.5 Å².